The number of rotatable bonds is 5. The largest absolute Gasteiger partial charge is 0.342 e. The van der Waals surface area contributed by atoms with Crippen LogP contribution in [0.4, 0.5) is 11.5 Å². The third-order valence-corrected chi connectivity index (χ3v) is 6.46. The maximum atomic E-state index is 13.2. The van der Waals surface area contributed by atoms with Crippen LogP contribution in [0.5, 0.6) is 0 Å². The molecule has 1 saturated heterocycles. The summed E-state index contributed by atoms with van der Waals surface area (Å²) in [5.74, 6) is 2.07. The van der Waals surface area contributed by atoms with Gasteiger partial charge in [-0.3, -0.25) is 9.78 Å². The van der Waals surface area contributed by atoms with Gasteiger partial charge >= 0.3 is 0 Å². The van der Waals surface area contributed by atoms with E-state index in [0.717, 1.165) is 67.2 Å². The molecule has 33 heavy (non-hydrogen) atoms. The number of para-hydroxylation sites is 1. The Hall–Kier alpha value is -3.54. The number of anilines is 2. The molecule has 1 fully saturated rings. The van der Waals surface area contributed by atoms with Crippen LogP contribution in [-0.4, -0.2) is 38.8 Å². The van der Waals surface area contributed by atoms with Crippen molar-refractivity contribution in [3.05, 3.63) is 78.9 Å². The second kappa shape index (κ2) is 9.94. The Morgan fingerprint density at radius 3 is 2.73 bits per heavy atom. The normalized spacial score (nSPS) is 20.4. The van der Waals surface area contributed by atoms with Crippen molar-refractivity contribution in [2.24, 2.45) is 5.92 Å². The van der Waals surface area contributed by atoms with Crippen LogP contribution >= 0.6 is 0 Å². The predicted molar refractivity (Wildman–Crippen MR) is 130 cm³/mol. The lowest BCUT2D eigenvalue weighted by Crippen LogP contribution is -2.42. The van der Waals surface area contributed by atoms with Crippen LogP contribution in [-0.2, 0) is 4.79 Å². The fourth-order valence-electron chi connectivity index (χ4n) is 4.71. The van der Waals surface area contributed by atoms with Crippen LogP contribution in [0.1, 0.15) is 43.8 Å². The number of allylic oxidation sites excluding steroid dienone is 2. The highest BCUT2D eigenvalue weighted by molar-refractivity contribution is 5.79. The van der Waals surface area contributed by atoms with Crippen LogP contribution in [0.3, 0.4) is 0 Å². The van der Waals surface area contributed by atoms with Crippen molar-refractivity contribution in [1.82, 2.24) is 19.9 Å². The van der Waals surface area contributed by atoms with E-state index in [-0.39, 0.29) is 17.7 Å². The molecule has 3 heterocycles. The van der Waals surface area contributed by atoms with Crippen LogP contribution < -0.4 is 5.32 Å². The van der Waals surface area contributed by atoms with Gasteiger partial charge in [0.15, 0.2) is 0 Å². The molecule has 1 aliphatic heterocycles. The van der Waals surface area contributed by atoms with E-state index in [1.807, 2.05) is 59.6 Å². The molecule has 6 heteroatoms. The van der Waals surface area contributed by atoms with E-state index in [9.17, 15) is 4.79 Å². The lowest BCUT2D eigenvalue weighted by atomic mass is 9.90. The first-order chi connectivity index (χ1) is 16.3. The molecule has 3 aromatic rings. The van der Waals surface area contributed by atoms with Crippen LogP contribution in [0.15, 0.2) is 73.1 Å². The average Bonchev–Trinajstić information content (AvgIpc) is 2.90. The number of pyridine rings is 1. The smallest absolute Gasteiger partial charge is 0.226 e. The van der Waals surface area contributed by atoms with E-state index >= 15 is 0 Å². The third kappa shape index (κ3) is 5.11. The van der Waals surface area contributed by atoms with Gasteiger partial charge < -0.3 is 10.2 Å². The highest BCUT2D eigenvalue weighted by Crippen LogP contribution is 2.31. The summed E-state index contributed by atoms with van der Waals surface area (Å²) in [7, 11) is 0. The van der Waals surface area contributed by atoms with Crippen molar-refractivity contribution >= 4 is 17.4 Å². The summed E-state index contributed by atoms with van der Waals surface area (Å²) >= 11 is 0. The Morgan fingerprint density at radius 2 is 1.94 bits per heavy atom. The molecule has 2 atom stereocenters. The lowest BCUT2D eigenvalue weighted by molar-refractivity contribution is -0.137. The number of nitrogens with one attached hydrogen (secondary N) is 1. The van der Waals surface area contributed by atoms with E-state index < -0.39 is 0 Å². The van der Waals surface area contributed by atoms with E-state index in [4.69, 9.17) is 9.97 Å². The molecule has 1 amide bonds. The molecule has 2 aromatic heterocycles. The van der Waals surface area contributed by atoms with Gasteiger partial charge in [-0.2, -0.15) is 0 Å². The first-order valence-corrected chi connectivity index (χ1v) is 11.8. The molecular weight excluding hydrogens is 410 g/mol. The molecule has 6 nitrogen and oxygen atoms in total. The molecule has 1 N–H and O–H groups in total. The molecule has 168 valence electrons. The summed E-state index contributed by atoms with van der Waals surface area (Å²) in [4.78, 5) is 29.3. The standard InChI is InChI=1S/C27H29N5O/c33-27(20-9-3-1-4-10-20)32-16-8-12-22(19-32)26-30-24(21-11-7-15-28-18-21)17-25(31-26)29-23-13-5-2-6-14-23/h1-3,5-7,11,13-15,17-18,20,22H,4,8-10,12,16,19H2,(H,29,30,31)/t20-,22-/m1/s1. The Kier molecular flexibility index (Phi) is 6.42. The molecule has 0 spiro atoms. The van der Waals surface area contributed by atoms with E-state index in [2.05, 4.69) is 22.5 Å². The molecule has 0 unspecified atom stereocenters. The minimum atomic E-state index is 0.117. The number of carbonyl (C=O) groups excluding carboxylic acids is 1. The second-order valence-corrected chi connectivity index (χ2v) is 8.83. The number of likely N-dealkylation sites (tertiary alicyclic amines) is 1. The maximum Gasteiger partial charge on any atom is 0.226 e. The minimum absolute atomic E-state index is 0.117. The molecular formula is C27H29N5O. The van der Waals surface area contributed by atoms with Crippen molar-refractivity contribution in [3.8, 4) is 11.3 Å². The summed E-state index contributed by atoms with van der Waals surface area (Å²) in [5.41, 5.74) is 2.77. The number of amides is 1. The average molecular weight is 440 g/mol. The summed E-state index contributed by atoms with van der Waals surface area (Å²) < 4.78 is 0. The summed E-state index contributed by atoms with van der Waals surface area (Å²) in [5, 5.41) is 3.42. The van der Waals surface area contributed by atoms with Crippen molar-refractivity contribution in [2.75, 3.05) is 18.4 Å². The van der Waals surface area contributed by atoms with Gasteiger partial charge in [-0.15, -0.1) is 0 Å². The van der Waals surface area contributed by atoms with Gasteiger partial charge in [0.05, 0.1) is 5.69 Å². The van der Waals surface area contributed by atoms with Crippen LogP contribution in [0, 0.1) is 5.92 Å². The molecule has 0 saturated carbocycles. The molecule has 5 rings (SSSR count). The topological polar surface area (TPSA) is 71.0 Å². The molecule has 0 bridgehead atoms. The zero-order chi connectivity index (χ0) is 22.5. The SMILES string of the molecule is O=C([C@@H]1CC=CCC1)N1CCC[C@@H](c2nc(Nc3ccccc3)cc(-c3cccnc3)n2)C1. The van der Waals surface area contributed by atoms with Gasteiger partial charge in [-0.1, -0.05) is 30.4 Å². The molecule has 1 aromatic carbocycles. The predicted octanol–water partition coefficient (Wildman–Crippen LogP) is 5.34. The Labute approximate surface area is 194 Å². The first-order valence-electron chi connectivity index (χ1n) is 11.8. The van der Waals surface area contributed by atoms with E-state index in [1.54, 1.807) is 6.20 Å². The van der Waals surface area contributed by atoms with Crippen LogP contribution in [0.2, 0.25) is 0 Å². The number of aromatic nitrogens is 3. The summed E-state index contributed by atoms with van der Waals surface area (Å²) in [6.07, 6.45) is 12.7. The van der Waals surface area contributed by atoms with Crippen molar-refractivity contribution in [2.45, 2.75) is 38.0 Å². The molecule has 1 aliphatic carbocycles. The Morgan fingerprint density at radius 1 is 1.03 bits per heavy atom. The fourth-order valence-corrected chi connectivity index (χ4v) is 4.71. The van der Waals surface area contributed by atoms with Gasteiger partial charge in [-0.05, 0) is 56.4 Å². The van der Waals surface area contributed by atoms with Gasteiger partial charge in [0.25, 0.3) is 0 Å². The van der Waals surface area contributed by atoms with Crippen LogP contribution in [0.25, 0.3) is 11.3 Å². The van der Waals surface area contributed by atoms with Gasteiger partial charge in [0.2, 0.25) is 5.91 Å². The van der Waals surface area contributed by atoms with Crippen molar-refractivity contribution in [3.63, 3.8) is 0 Å². The zero-order valence-corrected chi connectivity index (χ0v) is 18.7. The second-order valence-electron chi connectivity index (χ2n) is 8.83. The molecule has 0 radical (unpaired) electrons. The third-order valence-electron chi connectivity index (χ3n) is 6.46. The number of nitrogens with zero attached hydrogens (tertiary/aromatic N) is 4. The number of benzene rings is 1. The minimum Gasteiger partial charge on any atom is -0.342 e. The Bertz CT molecular complexity index is 1120. The highest BCUT2D eigenvalue weighted by atomic mass is 16.2. The maximum absolute atomic E-state index is 13.2. The molecule has 2 aliphatic rings. The summed E-state index contributed by atoms with van der Waals surface area (Å²) in [6, 6.07) is 15.9. The van der Waals surface area contributed by atoms with Crippen molar-refractivity contribution < 1.29 is 4.79 Å². The monoisotopic (exact) mass is 439 g/mol. The fraction of sp³-hybridized carbons (Fsp3) is 0.333. The van der Waals surface area contributed by atoms with Gasteiger partial charge in [0.1, 0.15) is 11.6 Å². The van der Waals surface area contributed by atoms with Crippen molar-refractivity contribution in [1.29, 1.82) is 0 Å². The number of carbonyl (C=O) groups is 1. The summed E-state index contributed by atoms with van der Waals surface area (Å²) in [6.45, 7) is 1.51. The van der Waals surface area contributed by atoms with E-state index in [1.165, 1.54) is 0 Å². The number of hydrogen-bond donors (Lipinski definition) is 1. The quantitative estimate of drug-likeness (QED) is 0.543. The number of hydrogen-bond acceptors (Lipinski definition) is 5. The number of piperidine rings is 1. The first kappa shape index (κ1) is 21.3. The van der Waals surface area contributed by atoms with Gasteiger partial charge in [-0.25, -0.2) is 9.97 Å². The lowest BCUT2D eigenvalue weighted by Gasteiger charge is -2.35. The zero-order valence-electron chi connectivity index (χ0n) is 18.7. The Balaban J connectivity index is 1.42. The van der Waals surface area contributed by atoms with E-state index in [0.29, 0.717) is 6.54 Å². The highest BCUT2D eigenvalue weighted by Gasteiger charge is 2.31. The van der Waals surface area contributed by atoms with Gasteiger partial charge in [0, 0.05) is 54.6 Å².